The molecule has 1 amide bonds. The predicted molar refractivity (Wildman–Crippen MR) is 136 cm³/mol. The number of phenolic OH excluding ortho intramolecular Hbond substituents is 1. The van der Waals surface area contributed by atoms with E-state index in [1.807, 2.05) is 0 Å². The standard InChI is InChI=1S/C27H30N2O10/c1-5-39-13(30)9-7-11-6-8-12-10(2)14-16(21(32)15(12)20(11)31)24(35)27(38)18(22(14)33)19(29(3)4)23(34)17(25(27)36)26(28)37/h6-10,14,18-19,22,31-33,36,38H,5H2,1-4H3,(H2,28,37)/b9-7+/t10?,14-,18-,19+,22+,27+/m1/s1. The Balaban J connectivity index is 1.97. The number of benzene rings is 1. The van der Waals surface area contributed by atoms with Crippen molar-refractivity contribution in [2.45, 2.75) is 37.5 Å². The molecule has 0 saturated heterocycles. The first-order valence-corrected chi connectivity index (χ1v) is 12.2. The van der Waals surface area contributed by atoms with Crippen LogP contribution in [-0.2, 0) is 23.9 Å². The maximum Gasteiger partial charge on any atom is 0.330 e. The minimum Gasteiger partial charge on any atom is -0.508 e. The van der Waals surface area contributed by atoms with E-state index in [2.05, 4.69) is 0 Å². The fraction of sp³-hybridized carbons (Fsp3) is 0.407. The number of carbonyl (C=O) groups is 4. The number of primary amides is 1. The highest BCUT2D eigenvalue weighted by atomic mass is 16.5. The first-order valence-electron chi connectivity index (χ1n) is 12.2. The maximum absolute atomic E-state index is 14.0. The molecule has 3 aliphatic rings. The van der Waals surface area contributed by atoms with Crippen molar-refractivity contribution in [2.24, 2.45) is 17.6 Å². The normalized spacial score (nSPS) is 30.4. The summed E-state index contributed by atoms with van der Waals surface area (Å²) < 4.78 is 4.83. The fourth-order valence-electron chi connectivity index (χ4n) is 6.12. The maximum atomic E-state index is 14.0. The number of nitrogens with zero attached hydrogens (tertiary/aromatic N) is 1. The lowest BCUT2D eigenvalue weighted by Crippen LogP contribution is -2.70. The molecule has 0 aromatic heterocycles. The summed E-state index contributed by atoms with van der Waals surface area (Å²) in [6, 6.07) is 1.61. The number of rotatable bonds is 5. The molecule has 208 valence electrons. The number of amides is 1. The summed E-state index contributed by atoms with van der Waals surface area (Å²) in [7, 11) is 2.87. The molecule has 3 aliphatic carbocycles. The van der Waals surface area contributed by atoms with Crippen LogP contribution in [-0.4, -0.2) is 92.3 Å². The molecule has 7 N–H and O–H groups in total. The van der Waals surface area contributed by atoms with Crippen molar-refractivity contribution >= 4 is 35.3 Å². The van der Waals surface area contributed by atoms with Gasteiger partial charge in [-0.05, 0) is 38.6 Å². The summed E-state index contributed by atoms with van der Waals surface area (Å²) in [6.07, 6.45) is 0.652. The SMILES string of the molecule is CCOC(=O)/C=C/c1ccc2c(c1O)C(O)=C1C(=O)[C@]3(O)C(O)=C(C(N)=O)C(=O)[C@@H](N(C)C)[C@@H]3[C@@H](O)[C@@H]1C2C. The molecular weight excluding hydrogens is 512 g/mol. The van der Waals surface area contributed by atoms with Crippen molar-refractivity contribution < 1.29 is 49.4 Å². The summed E-state index contributed by atoms with van der Waals surface area (Å²) in [5.41, 5.74) is 1.13. The highest BCUT2D eigenvalue weighted by Gasteiger charge is 2.68. The Hall–Kier alpha value is -4.00. The number of ketones is 2. The number of hydrogen-bond donors (Lipinski definition) is 6. The van der Waals surface area contributed by atoms with Gasteiger partial charge in [0, 0.05) is 23.1 Å². The second-order valence-corrected chi connectivity index (χ2v) is 10.1. The van der Waals surface area contributed by atoms with Crippen molar-refractivity contribution in [2.75, 3.05) is 20.7 Å². The van der Waals surface area contributed by atoms with Gasteiger partial charge in [-0.25, -0.2) is 4.79 Å². The van der Waals surface area contributed by atoms with Crippen LogP contribution >= 0.6 is 0 Å². The lowest BCUT2D eigenvalue weighted by molar-refractivity contribution is -0.169. The van der Waals surface area contributed by atoms with Crippen LogP contribution in [0.5, 0.6) is 5.75 Å². The van der Waals surface area contributed by atoms with E-state index >= 15 is 0 Å². The molecule has 39 heavy (non-hydrogen) atoms. The van der Waals surface area contributed by atoms with Crippen molar-refractivity contribution in [1.82, 2.24) is 4.90 Å². The summed E-state index contributed by atoms with van der Waals surface area (Å²) in [5.74, 6) is -10.3. The number of ether oxygens (including phenoxy) is 1. The summed E-state index contributed by atoms with van der Waals surface area (Å²) >= 11 is 0. The van der Waals surface area contributed by atoms with Gasteiger partial charge in [0.15, 0.2) is 11.4 Å². The highest BCUT2D eigenvalue weighted by Crippen LogP contribution is 2.56. The largest absolute Gasteiger partial charge is 0.508 e. The molecular formula is C27H30N2O10. The van der Waals surface area contributed by atoms with Gasteiger partial charge in [-0.2, -0.15) is 0 Å². The number of likely N-dealkylation sites (N-methyl/N-ethyl adjacent to an activating group) is 1. The summed E-state index contributed by atoms with van der Waals surface area (Å²) in [5, 5.41) is 56.5. The van der Waals surface area contributed by atoms with Gasteiger partial charge >= 0.3 is 5.97 Å². The van der Waals surface area contributed by atoms with Gasteiger partial charge in [-0.1, -0.05) is 19.1 Å². The lowest BCUT2D eigenvalue weighted by atomic mass is 9.54. The molecule has 6 atom stereocenters. The van der Waals surface area contributed by atoms with E-state index in [-0.39, 0.29) is 17.7 Å². The lowest BCUT2D eigenvalue weighted by Gasteiger charge is -2.53. The van der Waals surface area contributed by atoms with Crippen LogP contribution in [0.1, 0.15) is 36.5 Å². The smallest absolute Gasteiger partial charge is 0.330 e. The quantitative estimate of drug-likeness (QED) is 0.167. The summed E-state index contributed by atoms with van der Waals surface area (Å²) in [6.45, 7) is 3.39. The Morgan fingerprint density at radius 1 is 1.18 bits per heavy atom. The van der Waals surface area contributed by atoms with E-state index in [1.54, 1.807) is 19.9 Å². The molecule has 12 nitrogen and oxygen atoms in total. The number of Topliss-reactive ketones (excluding diaryl/α,β-unsaturated/α-hetero) is 2. The molecule has 1 saturated carbocycles. The number of aliphatic hydroxyl groups excluding tert-OH is 3. The van der Waals surface area contributed by atoms with Crippen LogP contribution in [0.3, 0.4) is 0 Å². The van der Waals surface area contributed by atoms with Crippen LogP contribution in [0.25, 0.3) is 11.8 Å². The van der Waals surface area contributed by atoms with Gasteiger partial charge < -0.3 is 36.0 Å². The molecule has 4 rings (SSSR count). The van der Waals surface area contributed by atoms with Gasteiger partial charge in [-0.3, -0.25) is 19.3 Å². The number of hydrogen-bond acceptors (Lipinski definition) is 11. The second kappa shape index (κ2) is 9.63. The van der Waals surface area contributed by atoms with Crippen molar-refractivity contribution in [3.63, 3.8) is 0 Å². The molecule has 1 aromatic rings. The van der Waals surface area contributed by atoms with E-state index in [9.17, 15) is 44.7 Å². The third kappa shape index (κ3) is 3.86. The Bertz CT molecular complexity index is 1390. The fourth-order valence-corrected chi connectivity index (χ4v) is 6.12. The zero-order chi connectivity index (χ0) is 29.1. The third-order valence-corrected chi connectivity index (χ3v) is 7.85. The number of esters is 1. The van der Waals surface area contributed by atoms with Gasteiger partial charge in [-0.15, -0.1) is 0 Å². The minimum absolute atomic E-state index is 0.106. The Labute approximate surface area is 223 Å². The number of nitrogens with two attached hydrogens (primary N) is 1. The van der Waals surface area contributed by atoms with E-state index in [1.165, 1.54) is 31.1 Å². The van der Waals surface area contributed by atoms with E-state index in [0.29, 0.717) is 5.56 Å². The monoisotopic (exact) mass is 542 g/mol. The van der Waals surface area contributed by atoms with E-state index in [0.717, 1.165) is 6.08 Å². The number of phenols is 1. The van der Waals surface area contributed by atoms with Crippen LogP contribution in [0, 0.1) is 11.8 Å². The third-order valence-electron chi connectivity index (χ3n) is 7.85. The average Bonchev–Trinajstić information content (AvgIpc) is 2.85. The molecule has 0 aliphatic heterocycles. The summed E-state index contributed by atoms with van der Waals surface area (Å²) in [4.78, 5) is 52.3. The molecule has 0 radical (unpaired) electrons. The molecule has 1 unspecified atom stereocenters. The van der Waals surface area contributed by atoms with Gasteiger partial charge in [0.1, 0.15) is 22.8 Å². The highest BCUT2D eigenvalue weighted by molar-refractivity contribution is 6.24. The topological polar surface area (TPSA) is 208 Å². The predicted octanol–water partition coefficient (Wildman–Crippen LogP) is 0.0721. The van der Waals surface area contributed by atoms with Gasteiger partial charge in [0.2, 0.25) is 5.78 Å². The molecule has 0 bridgehead atoms. The molecule has 0 spiro atoms. The zero-order valence-electron chi connectivity index (χ0n) is 21.7. The minimum atomic E-state index is -2.99. The van der Waals surface area contributed by atoms with Crippen LogP contribution in [0.2, 0.25) is 0 Å². The first-order chi connectivity index (χ1) is 18.2. The Kier molecular flexibility index (Phi) is 6.92. The van der Waals surface area contributed by atoms with Crippen molar-refractivity contribution in [3.05, 3.63) is 51.8 Å². The van der Waals surface area contributed by atoms with E-state index in [4.69, 9.17) is 10.5 Å². The number of aliphatic hydroxyl groups is 4. The molecule has 1 fully saturated rings. The van der Waals surface area contributed by atoms with Gasteiger partial charge in [0.05, 0.1) is 30.2 Å². The number of aromatic hydroxyl groups is 1. The molecule has 0 heterocycles. The molecule has 12 heteroatoms. The number of carbonyl (C=O) groups excluding carboxylic acids is 4. The van der Waals surface area contributed by atoms with Crippen LogP contribution < -0.4 is 5.73 Å². The van der Waals surface area contributed by atoms with Crippen molar-refractivity contribution in [1.29, 1.82) is 0 Å². The van der Waals surface area contributed by atoms with Gasteiger partial charge in [0.25, 0.3) is 5.91 Å². The van der Waals surface area contributed by atoms with Crippen molar-refractivity contribution in [3.8, 4) is 5.75 Å². The van der Waals surface area contributed by atoms with Crippen LogP contribution in [0.15, 0.2) is 35.1 Å². The van der Waals surface area contributed by atoms with Crippen LogP contribution in [0.4, 0.5) is 0 Å². The second-order valence-electron chi connectivity index (χ2n) is 10.1. The Morgan fingerprint density at radius 2 is 1.82 bits per heavy atom. The average molecular weight is 543 g/mol. The Morgan fingerprint density at radius 3 is 2.38 bits per heavy atom. The molecule has 1 aromatic carbocycles. The number of fused-ring (bicyclic) bond motifs is 3. The zero-order valence-corrected chi connectivity index (χ0v) is 21.7. The van der Waals surface area contributed by atoms with E-state index < -0.39 is 87.4 Å². The first kappa shape index (κ1) is 28.0.